The molecule has 20 heavy (non-hydrogen) atoms. The minimum atomic E-state index is -4.97. The number of hydrogen-bond acceptors (Lipinski definition) is 9. The van der Waals surface area contributed by atoms with Crippen LogP contribution in [0.5, 0.6) is 0 Å². The van der Waals surface area contributed by atoms with Gasteiger partial charge in [-0.1, -0.05) is 0 Å². The molecule has 112 valence electrons. The maximum Gasteiger partial charge on any atom is 1.00 e. The summed E-state index contributed by atoms with van der Waals surface area (Å²) in [5, 5.41) is 48.7. The van der Waals surface area contributed by atoms with Crippen molar-refractivity contribution in [1.82, 2.24) is 0 Å². The van der Waals surface area contributed by atoms with Crippen molar-refractivity contribution in [2.45, 2.75) is 43.0 Å². The Kier molecular flexibility index (Phi) is 7.51. The normalized spacial score (nSPS) is 37.1. The fraction of sp³-hybridized carbons (Fsp3) is 0.875. The van der Waals surface area contributed by atoms with E-state index in [1.165, 1.54) is 0 Å². The second-order valence-electron chi connectivity index (χ2n) is 4.02. The summed E-state index contributed by atoms with van der Waals surface area (Å²) in [4.78, 5) is 3.29. The molecule has 6 atom stereocenters. The van der Waals surface area contributed by atoms with Gasteiger partial charge in [-0.3, -0.25) is 9.55 Å². The van der Waals surface area contributed by atoms with E-state index in [2.05, 4.69) is 9.73 Å². The third kappa shape index (κ3) is 4.59. The molecule has 0 saturated carbocycles. The van der Waals surface area contributed by atoms with Gasteiger partial charge in [0.15, 0.2) is 6.29 Å². The van der Waals surface area contributed by atoms with E-state index in [9.17, 15) is 34.0 Å². The van der Waals surface area contributed by atoms with Crippen LogP contribution in [0.15, 0.2) is 4.99 Å². The zero-order chi connectivity index (χ0) is 15.0. The van der Waals surface area contributed by atoms with E-state index in [-0.39, 0.29) is 29.6 Å². The SMILES string of the molecule is CC([O-])=N[C@@H]1[C@@H](O)[C@H](O)[C@@H](C(O)S(=O)(=O)O)O[C@H]1O.[Na+]. The van der Waals surface area contributed by atoms with E-state index in [4.69, 9.17) is 4.55 Å². The van der Waals surface area contributed by atoms with Gasteiger partial charge in [0.05, 0.1) is 0 Å². The monoisotopic (exact) mass is 323 g/mol. The Bertz CT molecular complexity index is 451. The molecule has 1 fully saturated rings. The molecule has 0 aromatic carbocycles. The Hall–Kier alpha value is 0.180. The first-order chi connectivity index (χ1) is 8.55. The molecular formula is C8H14NNaO9S. The molecule has 1 aliphatic heterocycles. The summed E-state index contributed by atoms with van der Waals surface area (Å²) in [6, 6.07) is -1.53. The first kappa shape index (κ1) is 20.2. The third-order valence-electron chi connectivity index (χ3n) is 2.54. The summed E-state index contributed by atoms with van der Waals surface area (Å²) in [6.07, 6.45) is -7.75. The minimum Gasteiger partial charge on any atom is -0.862 e. The predicted molar refractivity (Wildman–Crippen MR) is 57.3 cm³/mol. The number of hydrogen-bond donors (Lipinski definition) is 5. The number of aliphatic hydroxyl groups excluding tert-OH is 4. The van der Waals surface area contributed by atoms with Crippen molar-refractivity contribution in [1.29, 1.82) is 0 Å². The second-order valence-corrected chi connectivity index (χ2v) is 5.53. The summed E-state index contributed by atoms with van der Waals surface area (Å²) < 4.78 is 34.7. The van der Waals surface area contributed by atoms with Gasteiger partial charge in [0, 0.05) is 0 Å². The van der Waals surface area contributed by atoms with Crippen molar-refractivity contribution in [3.05, 3.63) is 0 Å². The van der Waals surface area contributed by atoms with Crippen molar-refractivity contribution in [2.75, 3.05) is 0 Å². The fourth-order valence-electron chi connectivity index (χ4n) is 1.64. The van der Waals surface area contributed by atoms with Crippen LogP contribution in [0.1, 0.15) is 6.92 Å². The van der Waals surface area contributed by atoms with E-state index < -0.39 is 52.1 Å². The molecule has 0 aliphatic carbocycles. The second kappa shape index (κ2) is 7.45. The van der Waals surface area contributed by atoms with Crippen LogP contribution in [-0.4, -0.2) is 75.4 Å². The number of rotatable bonds is 3. The Morgan fingerprint density at radius 3 is 2.20 bits per heavy atom. The first-order valence-electron chi connectivity index (χ1n) is 5.11. The Morgan fingerprint density at radius 1 is 1.30 bits per heavy atom. The smallest absolute Gasteiger partial charge is 0.862 e. The van der Waals surface area contributed by atoms with E-state index in [1.807, 2.05) is 0 Å². The van der Waals surface area contributed by atoms with Crippen LogP contribution in [0.4, 0.5) is 0 Å². The summed E-state index contributed by atoms with van der Waals surface area (Å²) in [5.74, 6) is -0.757. The van der Waals surface area contributed by atoms with Crippen LogP contribution >= 0.6 is 0 Å². The molecule has 0 radical (unpaired) electrons. The van der Waals surface area contributed by atoms with Crippen molar-refractivity contribution in [3.63, 3.8) is 0 Å². The summed E-state index contributed by atoms with van der Waals surface area (Å²) in [5.41, 5.74) is -2.56. The maximum atomic E-state index is 10.8. The summed E-state index contributed by atoms with van der Waals surface area (Å²) in [6.45, 7) is 1.03. The van der Waals surface area contributed by atoms with Crippen LogP contribution in [0.25, 0.3) is 0 Å². The average molecular weight is 323 g/mol. The summed E-state index contributed by atoms with van der Waals surface area (Å²) >= 11 is 0. The molecule has 1 rings (SSSR count). The van der Waals surface area contributed by atoms with Gasteiger partial charge in [0.25, 0.3) is 10.1 Å². The Balaban J connectivity index is 0.00000361. The van der Waals surface area contributed by atoms with Gasteiger partial charge in [0.1, 0.15) is 24.4 Å². The van der Waals surface area contributed by atoms with Crippen molar-refractivity contribution in [3.8, 4) is 0 Å². The number of nitrogens with zero attached hydrogens (tertiary/aromatic N) is 1. The Labute approximate surface area is 136 Å². The average Bonchev–Trinajstić information content (AvgIpc) is 2.27. The molecule has 1 saturated heterocycles. The summed E-state index contributed by atoms with van der Waals surface area (Å²) in [7, 11) is -4.97. The topological polar surface area (TPSA) is 180 Å². The molecule has 1 aliphatic rings. The zero-order valence-electron chi connectivity index (χ0n) is 10.7. The van der Waals surface area contributed by atoms with Crippen LogP contribution in [0, 0.1) is 0 Å². The van der Waals surface area contributed by atoms with E-state index in [0.717, 1.165) is 6.92 Å². The van der Waals surface area contributed by atoms with Gasteiger partial charge in [-0.15, -0.1) is 0 Å². The quantitative estimate of drug-likeness (QED) is 0.146. The molecule has 0 amide bonds. The fourth-order valence-corrected chi connectivity index (χ4v) is 2.21. The van der Waals surface area contributed by atoms with Crippen LogP contribution in [-0.2, 0) is 14.9 Å². The number of aliphatic imine (C=N–C) groups is 1. The molecular weight excluding hydrogens is 309 g/mol. The number of aliphatic hydroxyl groups is 4. The Morgan fingerprint density at radius 2 is 1.80 bits per heavy atom. The molecule has 1 heterocycles. The van der Waals surface area contributed by atoms with Gasteiger partial charge in [-0.05, 0) is 12.8 Å². The standard InChI is InChI=1S/C8H15NO9S.Na/c1-2(10)9-3-4(11)5(12)6(18-7(3)13)8(14)19(15,16)17;/h3-8,11-14H,1H3,(H,9,10)(H,15,16,17);/q;+1/p-1/t3-,4-,5+,6+,7-,8?;/m1./s1. The third-order valence-corrected chi connectivity index (χ3v) is 3.42. The molecule has 0 bridgehead atoms. The van der Waals surface area contributed by atoms with Gasteiger partial charge < -0.3 is 30.3 Å². The molecule has 1 unspecified atom stereocenters. The predicted octanol–water partition coefficient (Wildman–Crippen LogP) is -7.22. The van der Waals surface area contributed by atoms with Gasteiger partial charge in [-0.25, -0.2) is 0 Å². The molecule has 0 aromatic heterocycles. The zero-order valence-corrected chi connectivity index (χ0v) is 13.5. The molecule has 5 N–H and O–H groups in total. The largest absolute Gasteiger partial charge is 1.00 e. The molecule has 0 spiro atoms. The van der Waals surface area contributed by atoms with Crippen LogP contribution < -0.4 is 34.7 Å². The van der Waals surface area contributed by atoms with Gasteiger partial charge >= 0.3 is 29.6 Å². The van der Waals surface area contributed by atoms with Crippen LogP contribution in [0.3, 0.4) is 0 Å². The first-order valence-corrected chi connectivity index (χ1v) is 6.61. The van der Waals surface area contributed by atoms with Crippen LogP contribution in [0.2, 0.25) is 0 Å². The van der Waals surface area contributed by atoms with Gasteiger partial charge in [0.2, 0.25) is 5.44 Å². The van der Waals surface area contributed by atoms with Crippen molar-refractivity contribution >= 4 is 16.0 Å². The maximum absolute atomic E-state index is 10.8. The number of ether oxygens (including phenoxy) is 1. The molecule has 0 aromatic rings. The van der Waals surface area contributed by atoms with Gasteiger partial charge in [-0.2, -0.15) is 8.42 Å². The molecule has 12 heteroatoms. The molecule has 10 nitrogen and oxygen atoms in total. The van der Waals surface area contributed by atoms with Crippen molar-refractivity contribution < 1.29 is 72.8 Å². The van der Waals surface area contributed by atoms with E-state index >= 15 is 0 Å². The van der Waals surface area contributed by atoms with E-state index in [0.29, 0.717) is 0 Å². The minimum absolute atomic E-state index is 0. The van der Waals surface area contributed by atoms with Crippen molar-refractivity contribution in [2.24, 2.45) is 4.99 Å². The van der Waals surface area contributed by atoms with E-state index in [1.54, 1.807) is 0 Å².